The third-order valence-corrected chi connectivity index (χ3v) is 2.61. The number of aliphatic hydroxyl groups is 1. The molecule has 18 heavy (non-hydrogen) atoms. The Morgan fingerprint density at radius 3 is 2.83 bits per heavy atom. The molecule has 2 atom stereocenters. The molecular formula is C12H12N2O4. The maximum atomic E-state index is 9.32. The fourth-order valence-corrected chi connectivity index (χ4v) is 1.69. The molecule has 1 aromatic carbocycles. The number of para-hydroxylation sites is 2. The lowest BCUT2D eigenvalue weighted by molar-refractivity contribution is 0.0831. The van der Waals surface area contributed by atoms with Crippen molar-refractivity contribution in [2.45, 2.75) is 19.1 Å². The van der Waals surface area contributed by atoms with Crippen LogP contribution >= 0.6 is 0 Å². The van der Waals surface area contributed by atoms with E-state index in [-0.39, 0.29) is 5.89 Å². The Morgan fingerprint density at radius 1 is 1.33 bits per heavy atom. The molecule has 94 valence electrons. The number of hydrogen-bond donors (Lipinski definition) is 1. The van der Waals surface area contributed by atoms with E-state index in [0.29, 0.717) is 23.9 Å². The lowest BCUT2D eigenvalue weighted by Crippen LogP contribution is -2.22. The molecular weight excluding hydrogens is 236 g/mol. The Bertz CT molecular complexity index is 553. The number of hydrogen-bond acceptors (Lipinski definition) is 6. The van der Waals surface area contributed by atoms with Crippen molar-refractivity contribution in [1.29, 1.82) is 0 Å². The zero-order valence-electron chi connectivity index (χ0n) is 9.74. The highest BCUT2D eigenvalue weighted by atomic mass is 16.6. The van der Waals surface area contributed by atoms with Gasteiger partial charge in [0.25, 0.3) is 5.89 Å². The van der Waals surface area contributed by atoms with Crippen LogP contribution in [0, 0.1) is 0 Å². The first-order chi connectivity index (χ1) is 8.74. The normalized spacial score (nSPS) is 19.6. The van der Waals surface area contributed by atoms with Gasteiger partial charge in [-0.05, 0) is 19.1 Å². The highest BCUT2D eigenvalue weighted by molar-refractivity contribution is 5.40. The maximum absolute atomic E-state index is 9.32. The first kappa shape index (κ1) is 11.0. The van der Waals surface area contributed by atoms with E-state index in [0.717, 1.165) is 0 Å². The fourth-order valence-electron chi connectivity index (χ4n) is 1.69. The van der Waals surface area contributed by atoms with Crippen LogP contribution in [0.3, 0.4) is 0 Å². The predicted octanol–water partition coefficient (Wildman–Crippen LogP) is 1.64. The van der Waals surface area contributed by atoms with E-state index in [1.54, 1.807) is 6.92 Å². The average molecular weight is 248 g/mol. The van der Waals surface area contributed by atoms with Crippen LogP contribution in [0.4, 0.5) is 0 Å². The second-order valence-electron chi connectivity index (χ2n) is 4.03. The first-order valence-electron chi connectivity index (χ1n) is 5.64. The van der Waals surface area contributed by atoms with E-state index in [4.69, 9.17) is 14.0 Å². The van der Waals surface area contributed by atoms with Crippen molar-refractivity contribution < 1.29 is 19.1 Å². The summed E-state index contributed by atoms with van der Waals surface area (Å²) in [5, 5.41) is 13.1. The molecule has 0 saturated heterocycles. The largest absolute Gasteiger partial charge is 0.485 e. The third-order valence-electron chi connectivity index (χ3n) is 2.61. The van der Waals surface area contributed by atoms with Gasteiger partial charge in [0, 0.05) is 0 Å². The quantitative estimate of drug-likeness (QED) is 0.870. The molecule has 1 unspecified atom stereocenters. The van der Waals surface area contributed by atoms with Gasteiger partial charge in [0.15, 0.2) is 17.6 Å². The SMILES string of the molecule is C[C@H](O)c1nc(C2COc3ccccc3O2)no1. The van der Waals surface area contributed by atoms with Crippen LogP contribution in [-0.2, 0) is 0 Å². The predicted molar refractivity (Wildman–Crippen MR) is 60.2 cm³/mol. The van der Waals surface area contributed by atoms with E-state index in [2.05, 4.69) is 10.1 Å². The lowest BCUT2D eigenvalue weighted by Gasteiger charge is -2.24. The summed E-state index contributed by atoms with van der Waals surface area (Å²) in [4.78, 5) is 4.07. The van der Waals surface area contributed by atoms with Crippen LogP contribution in [-0.4, -0.2) is 21.9 Å². The molecule has 6 nitrogen and oxygen atoms in total. The van der Waals surface area contributed by atoms with Crippen molar-refractivity contribution in [2.75, 3.05) is 6.61 Å². The number of benzene rings is 1. The molecule has 0 amide bonds. The number of nitrogens with zero attached hydrogens (tertiary/aromatic N) is 2. The molecule has 0 fully saturated rings. The van der Waals surface area contributed by atoms with Crippen LogP contribution < -0.4 is 9.47 Å². The van der Waals surface area contributed by atoms with E-state index >= 15 is 0 Å². The topological polar surface area (TPSA) is 77.6 Å². The van der Waals surface area contributed by atoms with Crippen LogP contribution in [0.15, 0.2) is 28.8 Å². The highest BCUT2D eigenvalue weighted by Gasteiger charge is 2.27. The van der Waals surface area contributed by atoms with Crippen LogP contribution in [0.1, 0.15) is 30.8 Å². The van der Waals surface area contributed by atoms with Gasteiger partial charge < -0.3 is 19.1 Å². The van der Waals surface area contributed by atoms with Gasteiger partial charge in [0.1, 0.15) is 12.7 Å². The summed E-state index contributed by atoms with van der Waals surface area (Å²) >= 11 is 0. The average Bonchev–Trinajstić information content (AvgIpc) is 2.88. The fraction of sp³-hybridized carbons (Fsp3) is 0.333. The van der Waals surface area contributed by atoms with Gasteiger partial charge in [0.2, 0.25) is 5.82 Å². The van der Waals surface area contributed by atoms with Gasteiger partial charge in [0.05, 0.1) is 0 Å². The van der Waals surface area contributed by atoms with Gasteiger partial charge >= 0.3 is 0 Å². The van der Waals surface area contributed by atoms with E-state index in [1.807, 2.05) is 24.3 Å². The second-order valence-corrected chi connectivity index (χ2v) is 4.03. The van der Waals surface area contributed by atoms with Crippen molar-refractivity contribution in [2.24, 2.45) is 0 Å². The minimum atomic E-state index is -0.789. The molecule has 2 aromatic rings. The van der Waals surface area contributed by atoms with E-state index in [1.165, 1.54) is 0 Å². The molecule has 0 radical (unpaired) electrons. The summed E-state index contributed by atoms with van der Waals surface area (Å²) < 4.78 is 16.2. The molecule has 0 aliphatic carbocycles. The Labute approximate surface area is 103 Å². The number of aromatic nitrogens is 2. The van der Waals surface area contributed by atoms with Crippen LogP contribution in [0.2, 0.25) is 0 Å². The third kappa shape index (κ3) is 1.91. The summed E-state index contributed by atoms with van der Waals surface area (Å²) in [6, 6.07) is 7.39. The second kappa shape index (κ2) is 4.30. The summed E-state index contributed by atoms with van der Waals surface area (Å²) in [5.41, 5.74) is 0. The van der Waals surface area contributed by atoms with E-state index < -0.39 is 12.2 Å². The summed E-state index contributed by atoms with van der Waals surface area (Å²) in [5.74, 6) is 1.90. The van der Waals surface area contributed by atoms with Crippen LogP contribution in [0.25, 0.3) is 0 Å². The number of rotatable bonds is 2. The monoisotopic (exact) mass is 248 g/mol. The van der Waals surface area contributed by atoms with Crippen LogP contribution in [0.5, 0.6) is 11.5 Å². The molecule has 0 spiro atoms. The number of ether oxygens (including phenoxy) is 2. The van der Waals surface area contributed by atoms with Crippen molar-refractivity contribution in [3.63, 3.8) is 0 Å². The van der Waals surface area contributed by atoms with Gasteiger partial charge in [-0.25, -0.2) is 0 Å². The Balaban J connectivity index is 1.83. The molecule has 1 aromatic heterocycles. The van der Waals surface area contributed by atoms with Crippen molar-refractivity contribution >= 4 is 0 Å². The van der Waals surface area contributed by atoms with E-state index in [9.17, 15) is 5.11 Å². The van der Waals surface area contributed by atoms with Gasteiger partial charge in [-0.3, -0.25) is 0 Å². The van der Waals surface area contributed by atoms with Crippen molar-refractivity contribution in [3.05, 3.63) is 36.0 Å². The summed E-state index contributed by atoms with van der Waals surface area (Å²) in [7, 11) is 0. The molecule has 2 heterocycles. The number of fused-ring (bicyclic) bond motifs is 1. The number of aliphatic hydroxyl groups excluding tert-OH is 1. The molecule has 0 saturated carbocycles. The van der Waals surface area contributed by atoms with Gasteiger partial charge in [-0.1, -0.05) is 17.3 Å². The molecule has 1 aliphatic heterocycles. The van der Waals surface area contributed by atoms with Crippen molar-refractivity contribution in [1.82, 2.24) is 10.1 Å². The lowest BCUT2D eigenvalue weighted by atomic mass is 10.2. The standard InChI is InChI=1S/C12H12N2O4/c1-7(15)12-13-11(14-18-12)10-6-16-8-4-2-3-5-9(8)17-10/h2-5,7,10,15H,6H2,1H3/t7-,10?/m0/s1. The summed E-state index contributed by atoms with van der Waals surface area (Å²) in [6.07, 6.45) is -1.21. The van der Waals surface area contributed by atoms with Crippen molar-refractivity contribution in [3.8, 4) is 11.5 Å². The molecule has 3 rings (SSSR count). The minimum Gasteiger partial charge on any atom is -0.485 e. The Kier molecular flexibility index (Phi) is 2.64. The Morgan fingerprint density at radius 2 is 2.11 bits per heavy atom. The molecule has 1 aliphatic rings. The van der Waals surface area contributed by atoms with Gasteiger partial charge in [-0.15, -0.1) is 0 Å². The Hall–Kier alpha value is -2.08. The minimum absolute atomic E-state index is 0.174. The zero-order valence-corrected chi connectivity index (χ0v) is 9.74. The molecule has 0 bridgehead atoms. The highest BCUT2D eigenvalue weighted by Crippen LogP contribution is 2.35. The zero-order chi connectivity index (χ0) is 12.5. The molecule has 6 heteroatoms. The summed E-state index contributed by atoms with van der Waals surface area (Å²) in [6.45, 7) is 1.88. The smallest absolute Gasteiger partial charge is 0.255 e. The first-order valence-corrected chi connectivity index (χ1v) is 5.64. The molecule has 1 N–H and O–H groups in total. The van der Waals surface area contributed by atoms with Gasteiger partial charge in [-0.2, -0.15) is 4.98 Å². The maximum Gasteiger partial charge on any atom is 0.255 e.